The number of pyridine rings is 1. The Hall–Kier alpha value is -4.39. The van der Waals surface area contributed by atoms with Crippen molar-refractivity contribution in [2.24, 2.45) is 0 Å². The molecule has 35 heavy (non-hydrogen) atoms. The molecule has 0 saturated carbocycles. The molecule has 1 aliphatic carbocycles. The highest BCUT2D eigenvalue weighted by atomic mass is 16.6. The van der Waals surface area contributed by atoms with Crippen LogP contribution in [0.3, 0.4) is 0 Å². The average molecular weight is 466 g/mol. The van der Waals surface area contributed by atoms with Crippen LogP contribution < -0.4 is 0 Å². The average Bonchev–Trinajstić information content (AvgIpc) is 2.90. The zero-order valence-electron chi connectivity index (χ0n) is 18.8. The van der Waals surface area contributed by atoms with E-state index < -0.39 is 23.3 Å². The lowest BCUT2D eigenvalue weighted by Gasteiger charge is -2.26. The molecule has 0 spiro atoms. The third-order valence-electron chi connectivity index (χ3n) is 6.47. The molecule has 0 bridgehead atoms. The fourth-order valence-electron chi connectivity index (χ4n) is 4.69. The number of nitrogens with zero attached hydrogens (tertiary/aromatic N) is 2. The number of ether oxygens (including phenoxy) is 1. The predicted octanol–water partition coefficient (Wildman–Crippen LogP) is 5.46. The van der Waals surface area contributed by atoms with Gasteiger partial charge in [0.15, 0.2) is 12.4 Å². The van der Waals surface area contributed by atoms with Crippen molar-refractivity contribution in [3.63, 3.8) is 0 Å². The Kier molecular flexibility index (Phi) is 6.06. The van der Waals surface area contributed by atoms with Gasteiger partial charge in [0.1, 0.15) is 0 Å². The number of non-ortho nitro benzene ring substituents is 1. The minimum Gasteiger partial charge on any atom is -0.454 e. The van der Waals surface area contributed by atoms with Crippen LogP contribution in [-0.4, -0.2) is 28.3 Å². The van der Waals surface area contributed by atoms with Crippen molar-refractivity contribution in [2.75, 3.05) is 6.61 Å². The number of Topliss-reactive ketones (excluding diaryl/α,β-unsaturated/α-hetero) is 1. The normalized spacial score (nSPS) is 14.8. The number of para-hydroxylation sites is 1. The summed E-state index contributed by atoms with van der Waals surface area (Å²) >= 11 is 0. The standard InChI is InChI=1S/C28H22N2O5/c31-26(19-10-13-21(14-11-19)30(33)34)17-35-28(32)27-22-8-4-5-9-24(22)29-25-15-12-20(16-23(25)27)18-6-2-1-3-7-18/h1-11,13-14,20H,12,15-17H2/t20-/m0/s1. The first kappa shape index (κ1) is 22.4. The summed E-state index contributed by atoms with van der Waals surface area (Å²) < 4.78 is 5.49. The quantitative estimate of drug-likeness (QED) is 0.162. The van der Waals surface area contributed by atoms with E-state index in [9.17, 15) is 19.7 Å². The molecule has 174 valence electrons. The first-order valence-corrected chi connectivity index (χ1v) is 11.4. The van der Waals surface area contributed by atoms with Gasteiger partial charge in [-0.3, -0.25) is 19.9 Å². The highest BCUT2D eigenvalue weighted by molar-refractivity contribution is 6.06. The lowest BCUT2D eigenvalue weighted by atomic mass is 9.80. The molecular formula is C28H22N2O5. The van der Waals surface area contributed by atoms with Gasteiger partial charge in [0.2, 0.25) is 0 Å². The van der Waals surface area contributed by atoms with E-state index in [2.05, 4.69) is 12.1 Å². The number of aromatic nitrogens is 1. The van der Waals surface area contributed by atoms with E-state index in [1.54, 1.807) is 0 Å². The molecule has 4 aromatic rings. The molecule has 7 nitrogen and oxygen atoms in total. The van der Waals surface area contributed by atoms with Crippen molar-refractivity contribution in [3.8, 4) is 0 Å². The number of ketones is 1. The molecule has 0 radical (unpaired) electrons. The molecule has 3 aromatic carbocycles. The van der Waals surface area contributed by atoms with Gasteiger partial charge >= 0.3 is 5.97 Å². The van der Waals surface area contributed by atoms with Crippen LogP contribution in [0.15, 0.2) is 78.9 Å². The van der Waals surface area contributed by atoms with Gasteiger partial charge in [-0.25, -0.2) is 4.79 Å². The monoisotopic (exact) mass is 466 g/mol. The van der Waals surface area contributed by atoms with E-state index in [1.807, 2.05) is 42.5 Å². The van der Waals surface area contributed by atoms with E-state index >= 15 is 0 Å². The lowest BCUT2D eigenvalue weighted by Crippen LogP contribution is -2.21. The van der Waals surface area contributed by atoms with E-state index in [-0.39, 0.29) is 17.2 Å². The maximum Gasteiger partial charge on any atom is 0.339 e. The van der Waals surface area contributed by atoms with E-state index in [0.717, 1.165) is 29.6 Å². The summed E-state index contributed by atoms with van der Waals surface area (Å²) in [5.74, 6) is -0.730. The minimum absolute atomic E-state index is 0.110. The molecule has 0 saturated heterocycles. The Morgan fingerprint density at radius 1 is 0.971 bits per heavy atom. The Bertz CT molecular complexity index is 1430. The third-order valence-corrected chi connectivity index (χ3v) is 6.47. The third kappa shape index (κ3) is 4.53. The topological polar surface area (TPSA) is 99.4 Å². The first-order chi connectivity index (χ1) is 17.0. The molecule has 0 aliphatic heterocycles. The van der Waals surface area contributed by atoms with Gasteiger partial charge in [0.05, 0.1) is 16.0 Å². The number of aryl methyl sites for hydroxylation is 1. The molecule has 1 aromatic heterocycles. The molecule has 0 fully saturated rings. The highest BCUT2D eigenvalue weighted by Gasteiger charge is 2.28. The molecule has 0 amide bonds. The van der Waals surface area contributed by atoms with Crippen LogP contribution in [0.1, 0.15) is 49.9 Å². The number of hydrogen-bond acceptors (Lipinski definition) is 6. The van der Waals surface area contributed by atoms with E-state index in [1.165, 1.54) is 29.8 Å². The van der Waals surface area contributed by atoms with Gasteiger partial charge in [0, 0.05) is 28.8 Å². The molecule has 5 rings (SSSR count). The fraction of sp³-hybridized carbons (Fsp3) is 0.179. The van der Waals surface area contributed by atoms with Crippen molar-refractivity contribution in [3.05, 3.63) is 117 Å². The van der Waals surface area contributed by atoms with Gasteiger partial charge < -0.3 is 4.74 Å². The second-order valence-corrected chi connectivity index (χ2v) is 8.58. The molecule has 0 unspecified atom stereocenters. The molecule has 7 heteroatoms. The zero-order valence-corrected chi connectivity index (χ0v) is 18.8. The summed E-state index contributed by atoms with van der Waals surface area (Å²) in [6.45, 7) is -0.454. The fourth-order valence-corrected chi connectivity index (χ4v) is 4.69. The number of rotatable bonds is 6. The number of carbonyl (C=O) groups is 2. The van der Waals surface area contributed by atoms with Crippen LogP contribution in [0, 0.1) is 10.1 Å². The number of carbonyl (C=O) groups excluding carboxylic acids is 2. The maximum absolute atomic E-state index is 13.4. The number of esters is 1. The predicted molar refractivity (Wildman–Crippen MR) is 131 cm³/mol. The summed E-state index contributed by atoms with van der Waals surface area (Å²) in [6, 6.07) is 22.9. The zero-order chi connectivity index (χ0) is 24.4. The minimum atomic E-state index is -0.566. The summed E-state index contributed by atoms with van der Waals surface area (Å²) in [5.41, 5.74) is 4.30. The Labute approximate surface area is 201 Å². The largest absolute Gasteiger partial charge is 0.454 e. The molecule has 1 heterocycles. The van der Waals surface area contributed by atoms with Crippen molar-refractivity contribution in [1.29, 1.82) is 0 Å². The molecule has 1 aliphatic rings. The molecule has 0 N–H and O–H groups in total. The van der Waals surface area contributed by atoms with Gasteiger partial charge in [-0.15, -0.1) is 0 Å². The van der Waals surface area contributed by atoms with Crippen LogP contribution in [0.4, 0.5) is 5.69 Å². The summed E-state index contributed by atoms with van der Waals surface area (Å²) in [5, 5.41) is 11.5. The van der Waals surface area contributed by atoms with E-state index in [0.29, 0.717) is 17.4 Å². The summed E-state index contributed by atoms with van der Waals surface area (Å²) in [6.07, 6.45) is 2.36. The van der Waals surface area contributed by atoms with Crippen molar-refractivity contribution < 1.29 is 19.2 Å². The molecule has 1 atom stereocenters. The Morgan fingerprint density at radius 3 is 2.43 bits per heavy atom. The maximum atomic E-state index is 13.4. The Morgan fingerprint density at radius 2 is 1.69 bits per heavy atom. The summed E-state index contributed by atoms with van der Waals surface area (Å²) in [4.78, 5) is 41.1. The SMILES string of the molecule is O=C(COC(=O)c1c2c(nc3ccccc13)CC[C@H](c1ccccc1)C2)c1ccc([N+](=O)[O-])cc1. The van der Waals surface area contributed by atoms with E-state index in [4.69, 9.17) is 9.72 Å². The highest BCUT2D eigenvalue weighted by Crippen LogP contribution is 2.36. The smallest absolute Gasteiger partial charge is 0.339 e. The second kappa shape index (κ2) is 9.46. The number of benzene rings is 3. The van der Waals surface area contributed by atoms with Crippen molar-refractivity contribution in [2.45, 2.75) is 25.2 Å². The number of nitro groups is 1. The van der Waals surface area contributed by atoms with Crippen LogP contribution in [0.5, 0.6) is 0 Å². The second-order valence-electron chi connectivity index (χ2n) is 8.58. The van der Waals surface area contributed by atoms with Crippen molar-refractivity contribution >= 4 is 28.3 Å². The number of hydrogen-bond donors (Lipinski definition) is 0. The van der Waals surface area contributed by atoms with Gasteiger partial charge in [-0.2, -0.15) is 0 Å². The van der Waals surface area contributed by atoms with Crippen LogP contribution in [0.2, 0.25) is 0 Å². The van der Waals surface area contributed by atoms with Gasteiger partial charge in [-0.05, 0) is 54.5 Å². The lowest BCUT2D eigenvalue weighted by molar-refractivity contribution is -0.384. The van der Waals surface area contributed by atoms with Crippen molar-refractivity contribution in [1.82, 2.24) is 4.98 Å². The number of fused-ring (bicyclic) bond motifs is 2. The van der Waals surface area contributed by atoms with Crippen LogP contribution >= 0.6 is 0 Å². The number of nitro benzene ring substituents is 1. The van der Waals surface area contributed by atoms with Crippen LogP contribution in [0.25, 0.3) is 10.9 Å². The Balaban J connectivity index is 1.43. The van der Waals surface area contributed by atoms with Gasteiger partial charge in [-0.1, -0.05) is 48.5 Å². The van der Waals surface area contributed by atoms with Gasteiger partial charge in [0.25, 0.3) is 5.69 Å². The molecular weight excluding hydrogens is 444 g/mol. The van der Waals surface area contributed by atoms with Crippen LogP contribution in [-0.2, 0) is 17.6 Å². The summed E-state index contributed by atoms with van der Waals surface area (Å²) in [7, 11) is 0. The first-order valence-electron chi connectivity index (χ1n) is 11.4.